The van der Waals surface area contributed by atoms with Gasteiger partial charge in [0.2, 0.25) is 0 Å². The van der Waals surface area contributed by atoms with E-state index in [4.69, 9.17) is 9.97 Å². The van der Waals surface area contributed by atoms with Crippen molar-refractivity contribution in [3.63, 3.8) is 0 Å². The molecule has 0 aliphatic carbocycles. The minimum Gasteiger partial charge on any atom is -0.305 e. The smallest absolute Gasteiger partial charge is 0.191 e. The lowest BCUT2D eigenvalue weighted by Crippen LogP contribution is -1.95. The number of hydrogen-bond acceptors (Lipinski definition) is 8. The van der Waals surface area contributed by atoms with Crippen LogP contribution in [0.4, 0.5) is 0 Å². The van der Waals surface area contributed by atoms with Gasteiger partial charge in [0.15, 0.2) is 22.5 Å². The fourth-order valence-electron chi connectivity index (χ4n) is 3.89. The molecule has 0 N–H and O–H groups in total. The van der Waals surface area contributed by atoms with Gasteiger partial charge in [-0.3, -0.25) is 0 Å². The van der Waals surface area contributed by atoms with Crippen LogP contribution >= 0.6 is 39.0 Å². The first-order valence-electron chi connectivity index (χ1n) is 10.2. The number of pyridine rings is 1. The van der Waals surface area contributed by atoms with Gasteiger partial charge in [-0.15, -0.1) is 26.6 Å². The Morgan fingerprint density at radius 1 is 1.09 bits per heavy atom. The topological polar surface area (TPSA) is 86.7 Å². The van der Waals surface area contributed by atoms with E-state index in [9.17, 15) is 0 Å². The second-order valence-corrected chi connectivity index (χ2v) is 10.6. The largest absolute Gasteiger partial charge is 0.305 e. The zero-order valence-corrected chi connectivity index (χ0v) is 21.2. The van der Waals surface area contributed by atoms with Crippen LogP contribution in [0.25, 0.3) is 37.5 Å². The third kappa shape index (κ3) is 3.51. The van der Waals surface area contributed by atoms with Crippen LogP contribution < -0.4 is 0 Å². The number of benzene rings is 1. The summed E-state index contributed by atoms with van der Waals surface area (Å²) >= 11 is 6.65. The molecular formula is C22H17BrN8S2. The Hall–Kier alpha value is -2.89. The highest BCUT2D eigenvalue weighted by Crippen LogP contribution is 2.35. The number of halogens is 1. The highest BCUT2D eigenvalue weighted by Gasteiger charge is 2.17. The molecule has 0 atom stereocenters. The summed E-state index contributed by atoms with van der Waals surface area (Å²) in [5.41, 5.74) is 4.95. The van der Waals surface area contributed by atoms with Gasteiger partial charge in [-0.1, -0.05) is 39.8 Å². The third-order valence-electron chi connectivity index (χ3n) is 5.40. The van der Waals surface area contributed by atoms with Crippen molar-refractivity contribution in [3.8, 4) is 11.4 Å². The molecule has 6 aromatic rings. The van der Waals surface area contributed by atoms with Gasteiger partial charge >= 0.3 is 0 Å². The van der Waals surface area contributed by atoms with Gasteiger partial charge in [0.1, 0.15) is 15.9 Å². The molecule has 0 aliphatic rings. The fraction of sp³-hybridized carbons (Fsp3) is 0.182. The third-order valence-corrected chi connectivity index (χ3v) is 8.02. The van der Waals surface area contributed by atoms with Crippen molar-refractivity contribution in [2.75, 3.05) is 0 Å². The van der Waals surface area contributed by atoms with Gasteiger partial charge < -0.3 is 4.57 Å². The van der Waals surface area contributed by atoms with E-state index in [0.29, 0.717) is 5.75 Å². The molecule has 5 aromatic heterocycles. The standard InChI is InChI=1S/C22H17BrN8S2/c1-11-8-12(2)25-21-16(11)17-18(33-21)20-26-15(29-31(20)10-24-17)9-32-22-28-27-19(30(22)3)13-4-6-14(23)7-5-13/h4-8,10H,9H2,1-3H3. The predicted molar refractivity (Wildman–Crippen MR) is 135 cm³/mol. The van der Waals surface area contributed by atoms with Crippen LogP contribution in [0.3, 0.4) is 0 Å². The van der Waals surface area contributed by atoms with Crippen molar-refractivity contribution in [2.45, 2.75) is 24.8 Å². The maximum absolute atomic E-state index is 4.82. The number of thiophene rings is 1. The first kappa shape index (κ1) is 20.7. The van der Waals surface area contributed by atoms with Crippen molar-refractivity contribution in [3.05, 3.63) is 58.2 Å². The molecule has 0 radical (unpaired) electrons. The maximum atomic E-state index is 4.82. The average molecular weight is 537 g/mol. The van der Waals surface area contributed by atoms with Crippen LogP contribution in [0.1, 0.15) is 17.1 Å². The van der Waals surface area contributed by atoms with Gasteiger partial charge in [0.05, 0.1) is 11.3 Å². The summed E-state index contributed by atoms with van der Waals surface area (Å²) in [5, 5.41) is 15.3. The highest BCUT2D eigenvalue weighted by molar-refractivity contribution is 9.10. The zero-order chi connectivity index (χ0) is 22.7. The quantitative estimate of drug-likeness (QED) is 0.280. The molecular weight excluding hydrogens is 520 g/mol. The SMILES string of the molecule is Cc1cc(C)c2c(n1)sc1c2ncn2nc(CSc3nnc(-c4ccc(Br)cc4)n3C)nc12. The van der Waals surface area contributed by atoms with Gasteiger partial charge in [-0.25, -0.2) is 19.5 Å². The van der Waals surface area contributed by atoms with Crippen molar-refractivity contribution in [1.29, 1.82) is 0 Å². The summed E-state index contributed by atoms with van der Waals surface area (Å²) in [6.07, 6.45) is 1.73. The Balaban J connectivity index is 1.32. The number of rotatable bonds is 4. The lowest BCUT2D eigenvalue weighted by atomic mass is 10.1. The molecule has 164 valence electrons. The maximum Gasteiger partial charge on any atom is 0.191 e. The lowest BCUT2D eigenvalue weighted by molar-refractivity contribution is 0.792. The van der Waals surface area contributed by atoms with Crippen LogP contribution in [0.5, 0.6) is 0 Å². The van der Waals surface area contributed by atoms with E-state index >= 15 is 0 Å². The summed E-state index contributed by atoms with van der Waals surface area (Å²) in [6, 6.07) is 10.1. The van der Waals surface area contributed by atoms with Gasteiger partial charge in [-0.2, -0.15) is 0 Å². The zero-order valence-electron chi connectivity index (χ0n) is 17.9. The highest BCUT2D eigenvalue weighted by atomic mass is 79.9. The van der Waals surface area contributed by atoms with Crippen LogP contribution in [-0.2, 0) is 12.8 Å². The first-order valence-corrected chi connectivity index (χ1v) is 12.8. The summed E-state index contributed by atoms with van der Waals surface area (Å²) < 4.78 is 5.78. The van der Waals surface area contributed by atoms with E-state index in [2.05, 4.69) is 49.2 Å². The molecule has 0 amide bonds. The van der Waals surface area contributed by atoms with E-state index in [1.165, 1.54) is 5.56 Å². The summed E-state index contributed by atoms with van der Waals surface area (Å²) in [6.45, 7) is 4.12. The second-order valence-electron chi connectivity index (χ2n) is 7.74. The predicted octanol–water partition coefficient (Wildman–Crippen LogP) is 5.35. The number of fused-ring (bicyclic) bond motifs is 5. The van der Waals surface area contributed by atoms with Crippen LogP contribution in [0, 0.1) is 13.8 Å². The van der Waals surface area contributed by atoms with E-state index in [0.717, 1.165) is 58.6 Å². The van der Waals surface area contributed by atoms with Crippen LogP contribution in [-0.4, -0.2) is 39.3 Å². The molecule has 8 nitrogen and oxygen atoms in total. The Morgan fingerprint density at radius 2 is 1.91 bits per heavy atom. The number of hydrogen-bond donors (Lipinski definition) is 0. The molecule has 0 spiro atoms. The normalized spacial score (nSPS) is 11.9. The molecule has 1 aromatic carbocycles. The number of aryl methyl sites for hydroxylation is 2. The van der Waals surface area contributed by atoms with Crippen molar-refractivity contribution >= 4 is 65.1 Å². The minimum absolute atomic E-state index is 0.580. The number of nitrogens with zero attached hydrogens (tertiary/aromatic N) is 8. The molecule has 0 bridgehead atoms. The average Bonchev–Trinajstić information content (AvgIpc) is 3.47. The molecule has 11 heteroatoms. The minimum atomic E-state index is 0.580. The molecule has 0 saturated heterocycles. The van der Waals surface area contributed by atoms with Crippen molar-refractivity contribution in [1.82, 2.24) is 39.3 Å². The molecule has 0 unspecified atom stereocenters. The van der Waals surface area contributed by atoms with E-state index < -0.39 is 0 Å². The molecule has 5 heterocycles. The fourth-order valence-corrected chi connectivity index (χ4v) is 6.14. The number of aromatic nitrogens is 8. The monoisotopic (exact) mass is 536 g/mol. The van der Waals surface area contributed by atoms with E-state index in [1.807, 2.05) is 42.8 Å². The van der Waals surface area contributed by atoms with E-state index in [-0.39, 0.29) is 0 Å². The molecule has 6 rings (SSSR count). The molecule has 0 aliphatic heterocycles. The summed E-state index contributed by atoms with van der Waals surface area (Å²) in [4.78, 5) is 15.2. The first-order chi connectivity index (χ1) is 16.0. The van der Waals surface area contributed by atoms with Crippen molar-refractivity contribution < 1.29 is 0 Å². The Morgan fingerprint density at radius 3 is 2.73 bits per heavy atom. The van der Waals surface area contributed by atoms with E-state index in [1.54, 1.807) is 33.9 Å². The van der Waals surface area contributed by atoms with Gasteiger partial charge in [0.25, 0.3) is 0 Å². The summed E-state index contributed by atoms with van der Waals surface area (Å²) in [7, 11) is 1.97. The molecule has 0 fully saturated rings. The second kappa shape index (κ2) is 7.86. The Kier molecular flexibility index (Phi) is 4.93. The van der Waals surface area contributed by atoms with Gasteiger partial charge in [-0.05, 0) is 37.6 Å². The Bertz CT molecular complexity index is 1670. The van der Waals surface area contributed by atoms with Crippen LogP contribution in [0.15, 0.2) is 46.3 Å². The van der Waals surface area contributed by atoms with Crippen molar-refractivity contribution in [2.24, 2.45) is 7.05 Å². The Labute approximate surface area is 205 Å². The summed E-state index contributed by atoms with van der Waals surface area (Å²) in [5.74, 6) is 2.12. The molecule has 0 saturated carbocycles. The van der Waals surface area contributed by atoms with Gasteiger partial charge in [0, 0.05) is 28.2 Å². The number of thioether (sulfide) groups is 1. The lowest BCUT2D eigenvalue weighted by Gasteiger charge is -2.03. The molecule has 33 heavy (non-hydrogen) atoms. The van der Waals surface area contributed by atoms with Crippen LogP contribution in [0.2, 0.25) is 0 Å².